The molecule has 1 aliphatic heterocycles. The monoisotopic (exact) mass is 288 g/mol. The van der Waals surface area contributed by atoms with E-state index < -0.39 is 6.10 Å². The third-order valence-corrected chi connectivity index (χ3v) is 3.54. The number of nitrogens with zero attached hydrogens (tertiary/aromatic N) is 4. The summed E-state index contributed by atoms with van der Waals surface area (Å²) < 4.78 is 7.08. The Hall–Kier alpha value is -1.76. The molecule has 3 rings (SSSR count). The Balaban J connectivity index is 1.56. The zero-order valence-electron chi connectivity index (χ0n) is 11.9. The second kappa shape index (κ2) is 6.80. The van der Waals surface area contributed by atoms with Gasteiger partial charge in [-0.15, -0.1) is 0 Å². The van der Waals surface area contributed by atoms with Gasteiger partial charge in [0.25, 0.3) is 0 Å². The standard InChI is InChI=1S/C15H20N4O2/c20-13(11-18-7-9-21-10-8-18)12-19-6-4-15(17-19)14-3-1-2-5-16-14/h1-6,13,20H,7-12H2. The van der Waals surface area contributed by atoms with Gasteiger partial charge >= 0.3 is 0 Å². The minimum Gasteiger partial charge on any atom is -0.390 e. The van der Waals surface area contributed by atoms with Crippen LogP contribution in [0, 0.1) is 0 Å². The number of ether oxygens (including phenoxy) is 1. The van der Waals surface area contributed by atoms with Crippen molar-refractivity contribution in [2.45, 2.75) is 12.6 Å². The quantitative estimate of drug-likeness (QED) is 0.874. The highest BCUT2D eigenvalue weighted by Crippen LogP contribution is 2.13. The molecular formula is C15H20N4O2. The molecule has 1 atom stereocenters. The van der Waals surface area contributed by atoms with Gasteiger partial charge in [0.2, 0.25) is 0 Å². The minimum absolute atomic E-state index is 0.431. The Morgan fingerprint density at radius 2 is 2.00 bits per heavy atom. The van der Waals surface area contributed by atoms with E-state index in [1.54, 1.807) is 10.9 Å². The molecule has 0 spiro atoms. The zero-order chi connectivity index (χ0) is 14.5. The summed E-state index contributed by atoms with van der Waals surface area (Å²) in [6.45, 7) is 4.41. The van der Waals surface area contributed by atoms with Gasteiger partial charge in [-0.25, -0.2) is 0 Å². The van der Waals surface area contributed by atoms with Crippen molar-refractivity contribution < 1.29 is 9.84 Å². The number of rotatable bonds is 5. The SMILES string of the molecule is OC(CN1CCOCC1)Cn1ccc(-c2ccccn2)n1. The fourth-order valence-electron chi connectivity index (χ4n) is 2.47. The topological polar surface area (TPSA) is 63.4 Å². The van der Waals surface area contributed by atoms with Crippen LogP contribution in [-0.2, 0) is 11.3 Å². The average molecular weight is 288 g/mol. The molecule has 112 valence electrons. The number of morpholine rings is 1. The van der Waals surface area contributed by atoms with E-state index in [9.17, 15) is 5.11 Å². The van der Waals surface area contributed by atoms with Crippen molar-refractivity contribution in [3.05, 3.63) is 36.7 Å². The van der Waals surface area contributed by atoms with Crippen molar-refractivity contribution in [1.29, 1.82) is 0 Å². The first kappa shape index (κ1) is 14.2. The van der Waals surface area contributed by atoms with Gasteiger partial charge in [0.05, 0.1) is 31.6 Å². The summed E-state index contributed by atoms with van der Waals surface area (Å²) in [4.78, 5) is 6.49. The summed E-state index contributed by atoms with van der Waals surface area (Å²) in [5, 5.41) is 14.6. The fourth-order valence-corrected chi connectivity index (χ4v) is 2.47. The van der Waals surface area contributed by atoms with E-state index in [0.717, 1.165) is 37.7 Å². The molecule has 1 fully saturated rings. The Morgan fingerprint density at radius 3 is 2.76 bits per heavy atom. The minimum atomic E-state index is -0.431. The van der Waals surface area contributed by atoms with E-state index in [1.807, 2.05) is 30.5 Å². The largest absolute Gasteiger partial charge is 0.390 e. The Bertz CT molecular complexity index is 552. The second-order valence-corrected chi connectivity index (χ2v) is 5.20. The first-order valence-corrected chi connectivity index (χ1v) is 7.24. The predicted octanol–water partition coefficient (Wildman–Crippen LogP) is 0.638. The van der Waals surface area contributed by atoms with Crippen molar-refractivity contribution >= 4 is 0 Å². The van der Waals surface area contributed by atoms with Gasteiger partial charge < -0.3 is 9.84 Å². The summed E-state index contributed by atoms with van der Waals surface area (Å²) in [7, 11) is 0. The molecule has 2 aromatic rings. The Kier molecular flexibility index (Phi) is 4.59. The van der Waals surface area contributed by atoms with Crippen LogP contribution in [0.2, 0.25) is 0 Å². The molecule has 0 saturated carbocycles. The number of aliphatic hydroxyl groups is 1. The second-order valence-electron chi connectivity index (χ2n) is 5.20. The lowest BCUT2D eigenvalue weighted by atomic mass is 10.3. The lowest BCUT2D eigenvalue weighted by Gasteiger charge is -2.28. The molecule has 3 heterocycles. The summed E-state index contributed by atoms with van der Waals surface area (Å²) in [6.07, 6.45) is 3.20. The summed E-state index contributed by atoms with van der Waals surface area (Å²) in [5.41, 5.74) is 1.67. The van der Waals surface area contributed by atoms with Crippen LogP contribution in [0.25, 0.3) is 11.4 Å². The molecule has 1 N–H and O–H groups in total. The van der Waals surface area contributed by atoms with Gasteiger partial charge in [-0.3, -0.25) is 14.6 Å². The molecule has 6 heteroatoms. The Morgan fingerprint density at radius 1 is 1.14 bits per heavy atom. The highest BCUT2D eigenvalue weighted by atomic mass is 16.5. The van der Waals surface area contributed by atoms with E-state index >= 15 is 0 Å². The third kappa shape index (κ3) is 3.87. The summed E-state index contributed by atoms with van der Waals surface area (Å²) in [5.74, 6) is 0. The maximum atomic E-state index is 10.2. The Labute approximate surface area is 124 Å². The predicted molar refractivity (Wildman–Crippen MR) is 78.7 cm³/mol. The number of hydrogen-bond acceptors (Lipinski definition) is 5. The van der Waals surface area contributed by atoms with Crippen molar-refractivity contribution in [3.63, 3.8) is 0 Å². The van der Waals surface area contributed by atoms with Crippen LogP contribution in [0.15, 0.2) is 36.7 Å². The van der Waals surface area contributed by atoms with Crippen LogP contribution in [0.4, 0.5) is 0 Å². The number of hydrogen-bond donors (Lipinski definition) is 1. The van der Waals surface area contributed by atoms with Crippen molar-refractivity contribution in [2.24, 2.45) is 0 Å². The number of aliphatic hydroxyl groups excluding tert-OH is 1. The maximum absolute atomic E-state index is 10.2. The van der Waals surface area contributed by atoms with Gasteiger partial charge in [0.15, 0.2) is 0 Å². The zero-order valence-corrected chi connectivity index (χ0v) is 11.9. The van der Waals surface area contributed by atoms with Crippen LogP contribution >= 0.6 is 0 Å². The number of pyridine rings is 1. The molecule has 0 aromatic carbocycles. The molecule has 6 nitrogen and oxygen atoms in total. The molecule has 0 aliphatic carbocycles. The van der Waals surface area contributed by atoms with E-state index in [-0.39, 0.29) is 0 Å². The van der Waals surface area contributed by atoms with E-state index in [0.29, 0.717) is 13.1 Å². The van der Waals surface area contributed by atoms with Gasteiger partial charge in [-0.2, -0.15) is 5.10 Å². The highest BCUT2D eigenvalue weighted by Gasteiger charge is 2.15. The van der Waals surface area contributed by atoms with Crippen LogP contribution in [0.1, 0.15) is 0 Å². The summed E-state index contributed by atoms with van der Waals surface area (Å²) in [6, 6.07) is 7.67. The lowest BCUT2D eigenvalue weighted by molar-refractivity contribution is 0.0108. The molecule has 21 heavy (non-hydrogen) atoms. The number of aromatic nitrogens is 3. The van der Waals surface area contributed by atoms with Crippen molar-refractivity contribution in [2.75, 3.05) is 32.8 Å². The van der Waals surface area contributed by atoms with E-state index in [1.165, 1.54) is 0 Å². The van der Waals surface area contributed by atoms with Gasteiger partial charge in [0, 0.05) is 32.0 Å². The van der Waals surface area contributed by atoms with Crippen molar-refractivity contribution in [1.82, 2.24) is 19.7 Å². The first-order chi connectivity index (χ1) is 10.3. The van der Waals surface area contributed by atoms with Crippen molar-refractivity contribution in [3.8, 4) is 11.4 Å². The maximum Gasteiger partial charge on any atom is 0.111 e. The summed E-state index contributed by atoms with van der Waals surface area (Å²) >= 11 is 0. The molecule has 2 aromatic heterocycles. The van der Waals surface area contributed by atoms with Crippen LogP contribution in [0.5, 0.6) is 0 Å². The highest BCUT2D eigenvalue weighted by molar-refractivity contribution is 5.52. The van der Waals surface area contributed by atoms with Gasteiger partial charge in [0.1, 0.15) is 5.69 Å². The molecule has 0 amide bonds. The normalized spacial score (nSPS) is 17.8. The molecule has 1 saturated heterocycles. The smallest absolute Gasteiger partial charge is 0.111 e. The van der Waals surface area contributed by atoms with Gasteiger partial charge in [-0.1, -0.05) is 6.07 Å². The van der Waals surface area contributed by atoms with Crippen LogP contribution in [0.3, 0.4) is 0 Å². The van der Waals surface area contributed by atoms with Crippen LogP contribution in [-0.4, -0.2) is 63.7 Å². The number of β-amino-alcohol motifs (C(OH)–C–C–N with tert-alkyl or cyclic N) is 1. The molecule has 1 aliphatic rings. The first-order valence-electron chi connectivity index (χ1n) is 7.24. The van der Waals surface area contributed by atoms with E-state index in [4.69, 9.17) is 4.74 Å². The molecule has 1 unspecified atom stereocenters. The lowest BCUT2D eigenvalue weighted by Crippen LogP contribution is -2.42. The van der Waals surface area contributed by atoms with Gasteiger partial charge in [-0.05, 0) is 18.2 Å². The molecular weight excluding hydrogens is 268 g/mol. The average Bonchev–Trinajstić information content (AvgIpc) is 2.97. The van der Waals surface area contributed by atoms with Crippen LogP contribution < -0.4 is 0 Å². The van der Waals surface area contributed by atoms with E-state index in [2.05, 4.69) is 15.0 Å². The fraction of sp³-hybridized carbons (Fsp3) is 0.467. The molecule has 0 bridgehead atoms. The molecule has 0 radical (unpaired) electrons. The third-order valence-electron chi connectivity index (χ3n) is 3.54.